The smallest absolute Gasteiger partial charge is 0.261 e. The van der Waals surface area contributed by atoms with Gasteiger partial charge in [-0.1, -0.05) is 6.07 Å². The summed E-state index contributed by atoms with van der Waals surface area (Å²) in [6.07, 6.45) is 1.66. The summed E-state index contributed by atoms with van der Waals surface area (Å²) < 4.78 is 0.871. The molecule has 0 aliphatic heterocycles. The fourth-order valence-electron chi connectivity index (χ4n) is 1.41. The summed E-state index contributed by atoms with van der Waals surface area (Å²) in [5.41, 5.74) is 1.01. The standard InChI is InChI=1S/C13H12BrN3O2S/c1-8-2-5-11(15-6-8)17-12(18)7-16-13(19)9-3-4-10(14)20-9/h2-6H,7H2,1H3,(H,16,19)(H,15,17,18). The Bertz CT molecular complexity index is 625. The first-order valence-electron chi connectivity index (χ1n) is 5.80. The molecule has 0 spiro atoms. The molecule has 2 amide bonds. The van der Waals surface area contributed by atoms with E-state index in [1.165, 1.54) is 11.3 Å². The van der Waals surface area contributed by atoms with Crippen LogP contribution in [0.1, 0.15) is 15.2 Å². The van der Waals surface area contributed by atoms with Gasteiger partial charge in [-0.3, -0.25) is 9.59 Å². The van der Waals surface area contributed by atoms with Crippen molar-refractivity contribution in [3.63, 3.8) is 0 Å². The summed E-state index contributed by atoms with van der Waals surface area (Å²) in [5, 5.41) is 5.17. The molecule has 2 rings (SSSR count). The average Bonchev–Trinajstić information content (AvgIpc) is 2.85. The van der Waals surface area contributed by atoms with Crippen molar-refractivity contribution in [3.05, 3.63) is 44.7 Å². The Morgan fingerprint density at radius 3 is 2.70 bits per heavy atom. The molecular weight excluding hydrogens is 342 g/mol. The molecule has 2 aromatic rings. The first kappa shape index (κ1) is 14.7. The van der Waals surface area contributed by atoms with E-state index in [4.69, 9.17) is 0 Å². The number of hydrogen-bond donors (Lipinski definition) is 2. The van der Waals surface area contributed by atoms with E-state index >= 15 is 0 Å². The lowest BCUT2D eigenvalue weighted by Gasteiger charge is -2.05. The Hall–Kier alpha value is -1.73. The van der Waals surface area contributed by atoms with Crippen LogP contribution in [0, 0.1) is 6.92 Å². The first-order chi connectivity index (χ1) is 9.54. The highest BCUT2D eigenvalue weighted by Crippen LogP contribution is 2.21. The van der Waals surface area contributed by atoms with Gasteiger partial charge in [0.05, 0.1) is 15.2 Å². The molecule has 20 heavy (non-hydrogen) atoms. The largest absolute Gasteiger partial charge is 0.342 e. The lowest BCUT2D eigenvalue weighted by molar-refractivity contribution is -0.115. The molecule has 2 N–H and O–H groups in total. The van der Waals surface area contributed by atoms with Crippen LogP contribution in [0.5, 0.6) is 0 Å². The van der Waals surface area contributed by atoms with Gasteiger partial charge in [0.25, 0.3) is 5.91 Å². The number of rotatable bonds is 4. The molecule has 0 aliphatic rings. The van der Waals surface area contributed by atoms with Crippen LogP contribution in [0.3, 0.4) is 0 Å². The van der Waals surface area contributed by atoms with E-state index in [0.29, 0.717) is 10.7 Å². The zero-order valence-electron chi connectivity index (χ0n) is 10.6. The fraction of sp³-hybridized carbons (Fsp3) is 0.154. The normalized spacial score (nSPS) is 10.1. The number of hydrogen-bond acceptors (Lipinski definition) is 4. The van der Waals surface area contributed by atoms with Crippen LogP contribution in [-0.2, 0) is 4.79 Å². The number of amides is 2. The van der Waals surface area contributed by atoms with Crippen molar-refractivity contribution < 1.29 is 9.59 Å². The molecule has 2 heterocycles. The van der Waals surface area contributed by atoms with Crippen molar-refractivity contribution in [2.75, 3.05) is 11.9 Å². The van der Waals surface area contributed by atoms with E-state index in [2.05, 4.69) is 31.5 Å². The van der Waals surface area contributed by atoms with E-state index in [1.54, 1.807) is 24.4 Å². The number of nitrogens with one attached hydrogen (secondary N) is 2. The van der Waals surface area contributed by atoms with Crippen molar-refractivity contribution >= 4 is 44.9 Å². The van der Waals surface area contributed by atoms with Crippen LogP contribution in [0.2, 0.25) is 0 Å². The number of carbonyl (C=O) groups excluding carboxylic acids is 2. The van der Waals surface area contributed by atoms with E-state index in [0.717, 1.165) is 9.35 Å². The summed E-state index contributed by atoms with van der Waals surface area (Å²) >= 11 is 4.60. The second kappa shape index (κ2) is 6.62. The molecular formula is C13H12BrN3O2S. The minimum Gasteiger partial charge on any atom is -0.342 e. The van der Waals surface area contributed by atoms with Crippen LogP contribution in [0.4, 0.5) is 5.82 Å². The Kier molecular flexibility index (Phi) is 4.86. The van der Waals surface area contributed by atoms with Crippen molar-refractivity contribution in [1.29, 1.82) is 0 Å². The van der Waals surface area contributed by atoms with Gasteiger partial charge in [0.15, 0.2) is 0 Å². The highest BCUT2D eigenvalue weighted by atomic mass is 79.9. The third kappa shape index (κ3) is 4.14. The van der Waals surface area contributed by atoms with E-state index in [9.17, 15) is 9.59 Å². The molecule has 0 atom stereocenters. The van der Waals surface area contributed by atoms with Gasteiger partial charge >= 0.3 is 0 Å². The molecule has 0 bridgehead atoms. The molecule has 0 fully saturated rings. The maximum absolute atomic E-state index is 11.7. The van der Waals surface area contributed by atoms with Gasteiger partial charge in [-0.2, -0.15) is 0 Å². The Morgan fingerprint density at radius 2 is 2.10 bits per heavy atom. The molecule has 0 aromatic carbocycles. The number of aryl methyl sites for hydroxylation is 1. The zero-order chi connectivity index (χ0) is 14.5. The van der Waals surface area contributed by atoms with Crippen molar-refractivity contribution in [2.24, 2.45) is 0 Å². The fourth-order valence-corrected chi connectivity index (χ4v) is 2.72. The van der Waals surface area contributed by atoms with Crippen LogP contribution in [0.15, 0.2) is 34.2 Å². The predicted molar refractivity (Wildman–Crippen MR) is 82.0 cm³/mol. The topological polar surface area (TPSA) is 71.1 Å². The van der Waals surface area contributed by atoms with Crippen molar-refractivity contribution in [2.45, 2.75) is 6.92 Å². The molecule has 0 saturated heterocycles. The Morgan fingerprint density at radius 1 is 1.30 bits per heavy atom. The highest BCUT2D eigenvalue weighted by Gasteiger charge is 2.10. The molecule has 0 unspecified atom stereocenters. The van der Waals surface area contributed by atoms with Gasteiger partial charge in [-0.05, 0) is 46.6 Å². The third-order valence-electron chi connectivity index (χ3n) is 2.39. The predicted octanol–water partition coefficient (Wildman–Crippen LogP) is 2.58. The Labute approximate surface area is 128 Å². The molecule has 0 aliphatic carbocycles. The zero-order valence-corrected chi connectivity index (χ0v) is 13.0. The van der Waals surface area contributed by atoms with Gasteiger partial charge in [0, 0.05) is 6.20 Å². The molecule has 2 aromatic heterocycles. The molecule has 0 saturated carbocycles. The summed E-state index contributed by atoms with van der Waals surface area (Å²) in [6.45, 7) is 1.82. The summed E-state index contributed by atoms with van der Waals surface area (Å²) in [7, 11) is 0. The van der Waals surface area contributed by atoms with Crippen molar-refractivity contribution in [3.8, 4) is 0 Å². The van der Waals surface area contributed by atoms with Crippen LogP contribution < -0.4 is 10.6 Å². The third-order valence-corrected chi connectivity index (χ3v) is 4.01. The summed E-state index contributed by atoms with van der Waals surface area (Å²) in [5.74, 6) is -0.119. The molecule has 0 radical (unpaired) electrons. The summed E-state index contributed by atoms with van der Waals surface area (Å²) in [4.78, 5) is 28.0. The summed E-state index contributed by atoms with van der Waals surface area (Å²) in [6, 6.07) is 7.05. The minimum absolute atomic E-state index is 0.0933. The number of nitrogens with zero attached hydrogens (tertiary/aromatic N) is 1. The first-order valence-corrected chi connectivity index (χ1v) is 7.41. The van der Waals surface area contributed by atoms with Gasteiger partial charge in [-0.25, -0.2) is 4.98 Å². The van der Waals surface area contributed by atoms with Crippen molar-refractivity contribution in [1.82, 2.24) is 10.3 Å². The van der Waals surface area contributed by atoms with Gasteiger partial charge < -0.3 is 10.6 Å². The lowest BCUT2D eigenvalue weighted by Crippen LogP contribution is -2.32. The number of thiophene rings is 1. The molecule has 7 heteroatoms. The van der Waals surface area contributed by atoms with Gasteiger partial charge in [0.2, 0.25) is 5.91 Å². The molecule has 5 nitrogen and oxygen atoms in total. The quantitative estimate of drug-likeness (QED) is 0.887. The van der Waals surface area contributed by atoms with Crippen LogP contribution >= 0.6 is 27.3 Å². The van der Waals surface area contributed by atoms with Crippen LogP contribution in [0.25, 0.3) is 0 Å². The number of halogens is 1. The second-order valence-corrected chi connectivity index (χ2v) is 6.52. The lowest BCUT2D eigenvalue weighted by atomic mass is 10.3. The molecule has 104 valence electrons. The van der Waals surface area contributed by atoms with E-state index in [1.807, 2.05) is 13.0 Å². The minimum atomic E-state index is -0.315. The van der Waals surface area contributed by atoms with Gasteiger partial charge in [-0.15, -0.1) is 11.3 Å². The number of anilines is 1. The Balaban J connectivity index is 1.83. The highest BCUT2D eigenvalue weighted by molar-refractivity contribution is 9.11. The number of pyridine rings is 1. The maximum atomic E-state index is 11.7. The SMILES string of the molecule is Cc1ccc(NC(=O)CNC(=O)c2ccc(Br)s2)nc1. The second-order valence-electron chi connectivity index (χ2n) is 4.06. The number of carbonyl (C=O) groups is 2. The van der Waals surface area contributed by atoms with Crippen LogP contribution in [-0.4, -0.2) is 23.3 Å². The van der Waals surface area contributed by atoms with Gasteiger partial charge in [0.1, 0.15) is 5.82 Å². The number of aromatic nitrogens is 1. The van der Waals surface area contributed by atoms with E-state index in [-0.39, 0.29) is 18.4 Å². The van der Waals surface area contributed by atoms with E-state index < -0.39 is 0 Å². The average molecular weight is 354 g/mol. The maximum Gasteiger partial charge on any atom is 0.261 e. The monoisotopic (exact) mass is 353 g/mol.